The molecule has 2 aromatic carbocycles. The average Bonchev–Trinajstić information content (AvgIpc) is 3.12. The highest BCUT2D eigenvalue weighted by Crippen LogP contribution is 2.21. The van der Waals surface area contributed by atoms with Gasteiger partial charge in [-0.15, -0.1) is 0 Å². The number of rotatable bonds is 8. The Kier molecular flexibility index (Phi) is 6.39. The van der Waals surface area contributed by atoms with E-state index in [1.807, 2.05) is 49.3 Å². The van der Waals surface area contributed by atoms with Crippen molar-refractivity contribution in [2.75, 3.05) is 27.2 Å². The van der Waals surface area contributed by atoms with Gasteiger partial charge in [-0.1, -0.05) is 30.3 Å². The summed E-state index contributed by atoms with van der Waals surface area (Å²) in [7, 11) is 3.87. The molecule has 0 atom stereocenters. The molecule has 1 aromatic heterocycles. The summed E-state index contributed by atoms with van der Waals surface area (Å²) >= 11 is 0. The number of carbonyl (C=O) groups excluding carboxylic acids is 1. The van der Waals surface area contributed by atoms with Crippen molar-refractivity contribution in [3.63, 3.8) is 0 Å². The van der Waals surface area contributed by atoms with Crippen LogP contribution in [0.3, 0.4) is 0 Å². The fourth-order valence-corrected chi connectivity index (χ4v) is 2.56. The van der Waals surface area contributed by atoms with Crippen LogP contribution in [0.25, 0.3) is 5.69 Å². The molecule has 1 amide bonds. The van der Waals surface area contributed by atoms with Crippen LogP contribution in [-0.4, -0.2) is 47.8 Å². The minimum Gasteiger partial charge on any atom is -0.485 e. The molecule has 6 nitrogen and oxygen atoms in total. The number of nitrogens with one attached hydrogen (secondary N) is 1. The molecule has 0 saturated heterocycles. The van der Waals surface area contributed by atoms with Gasteiger partial charge < -0.3 is 15.0 Å². The number of hydrogen-bond acceptors (Lipinski definition) is 4. The summed E-state index contributed by atoms with van der Waals surface area (Å²) in [4.78, 5) is 14.6. The third-order valence-corrected chi connectivity index (χ3v) is 4.07. The minimum absolute atomic E-state index is 0.194. The molecule has 28 heavy (non-hydrogen) atoms. The number of nitrogens with zero attached hydrogens (tertiary/aromatic N) is 3. The molecule has 146 valence electrons. The lowest BCUT2D eigenvalue weighted by molar-refractivity contribution is 0.0941. The van der Waals surface area contributed by atoms with E-state index in [0.29, 0.717) is 31.1 Å². The van der Waals surface area contributed by atoms with Crippen molar-refractivity contribution in [1.82, 2.24) is 20.0 Å². The molecular formula is C21H23FN4O2. The van der Waals surface area contributed by atoms with E-state index in [2.05, 4.69) is 10.4 Å². The van der Waals surface area contributed by atoms with Crippen molar-refractivity contribution in [2.45, 2.75) is 6.61 Å². The van der Waals surface area contributed by atoms with Gasteiger partial charge in [-0.2, -0.15) is 5.10 Å². The first-order valence-corrected chi connectivity index (χ1v) is 8.98. The van der Waals surface area contributed by atoms with Crippen molar-refractivity contribution in [1.29, 1.82) is 0 Å². The third-order valence-electron chi connectivity index (χ3n) is 4.07. The molecular weight excluding hydrogens is 359 g/mol. The van der Waals surface area contributed by atoms with Crippen LogP contribution in [0.4, 0.5) is 4.39 Å². The van der Waals surface area contributed by atoms with E-state index < -0.39 is 0 Å². The molecule has 1 N–H and O–H groups in total. The predicted molar refractivity (Wildman–Crippen MR) is 105 cm³/mol. The largest absolute Gasteiger partial charge is 0.485 e. The molecule has 0 aliphatic rings. The lowest BCUT2D eigenvalue weighted by Crippen LogP contribution is -2.31. The maximum atomic E-state index is 13.2. The number of likely N-dealkylation sites (N-methyl/N-ethyl adjacent to an activating group) is 1. The first-order chi connectivity index (χ1) is 13.5. The number of amides is 1. The van der Waals surface area contributed by atoms with Crippen LogP contribution in [0.15, 0.2) is 60.8 Å². The minimum atomic E-state index is -0.335. The summed E-state index contributed by atoms with van der Waals surface area (Å²) in [6.07, 6.45) is 1.64. The molecule has 0 aliphatic heterocycles. The maximum absolute atomic E-state index is 13.2. The number of aromatic nitrogens is 2. The van der Waals surface area contributed by atoms with Crippen molar-refractivity contribution in [3.05, 3.63) is 77.9 Å². The van der Waals surface area contributed by atoms with Gasteiger partial charge in [-0.05, 0) is 43.9 Å². The second-order valence-corrected chi connectivity index (χ2v) is 6.60. The summed E-state index contributed by atoms with van der Waals surface area (Å²) < 4.78 is 20.6. The van der Waals surface area contributed by atoms with Gasteiger partial charge in [0.2, 0.25) is 0 Å². The monoisotopic (exact) mass is 382 g/mol. The summed E-state index contributed by atoms with van der Waals surface area (Å²) in [5, 5.41) is 7.21. The average molecular weight is 382 g/mol. The third kappa shape index (κ3) is 5.17. The van der Waals surface area contributed by atoms with E-state index in [1.165, 1.54) is 16.8 Å². The molecule has 0 aliphatic carbocycles. The summed E-state index contributed by atoms with van der Waals surface area (Å²) in [6, 6.07) is 15.6. The van der Waals surface area contributed by atoms with E-state index >= 15 is 0 Å². The molecule has 0 bridgehead atoms. The molecule has 0 fully saturated rings. The summed E-state index contributed by atoms with van der Waals surface area (Å²) in [5.41, 5.74) is 1.81. The van der Waals surface area contributed by atoms with Crippen LogP contribution in [0.1, 0.15) is 16.1 Å². The Hall–Kier alpha value is -3.19. The number of carbonyl (C=O) groups is 1. The Morgan fingerprint density at radius 1 is 1.14 bits per heavy atom. The van der Waals surface area contributed by atoms with E-state index in [9.17, 15) is 9.18 Å². The van der Waals surface area contributed by atoms with Gasteiger partial charge >= 0.3 is 0 Å². The maximum Gasteiger partial charge on any atom is 0.275 e. The predicted octanol–water partition coefficient (Wildman–Crippen LogP) is 2.88. The standard InChI is InChI=1S/C21H23FN4O2/c1-25(2)13-12-23-21(27)20-19(28-15-16-6-4-3-5-7-16)14-26(24-20)18-10-8-17(22)9-11-18/h3-11,14H,12-13,15H2,1-2H3,(H,23,27). The Balaban J connectivity index is 1.82. The second kappa shape index (κ2) is 9.14. The second-order valence-electron chi connectivity index (χ2n) is 6.60. The number of benzene rings is 2. The first kappa shape index (κ1) is 19.6. The Morgan fingerprint density at radius 2 is 1.86 bits per heavy atom. The van der Waals surface area contributed by atoms with Crippen LogP contribution in [0.5, 0.6) is 5.75 Å². The van der Waals surface area contributed by atoms with E-state index in [0.717, 1.165) is 5.56 Å². The summed E-state index contributed by atoms with van der Waals surface area (Å²) in [5.74, 6) is -0.278. The van der Waals surface area contributed by atoms with E-state index in [4.69, 9.17) is 4.74 Å². The summed E-state index contributed by atoms with van der Waals surface area (Å²) in [6.45, 7) is 1.52. The lowest BCUT2D eigenvalue weighted by Gasteiger charge is -2.10. The lowest BCUT2D eigenvalue weighted by atomic mass is 10.2. The van der Waals surface area contributed by atoms with Crippen LogP contribution in [0.2, 0.25) is 0 Å². The highest BCUT2D eigenvalue weighted by molar-refractivity contribution is 5.94. The van der Waals surface area contributed by atoms with Crippen molar-refractivity contribution in [3.8, 4) is 11.4 Å². The normalized spacial score (nSPS) is 10.9. The zero-order valence-corrected chi connectivity index (χ0v) is 15.9. The van der Waals surface area contributed by atoms with Gasteiger partial charge in [0.15, 0.2) is 11.4 Å². The fourth-order valence-electron chi connectivity index (χ4n) is 2.56. The number of halogens is 1. The molecule has 3 rings (SSSR count). The Bertz CT molecular complexity index is 908. The molecule has 0 radical (unpaired) electrons. The van der Waals surface area contributed by atoms with Crippen LogP contribution >= 0.6 is 0 Å². The Morgan fingerprint density at radius 3 is 2.54 bits per heavy atom. The molecule has 0 saturated carbocycles. The molecule has 1 heterocycles. The highest BCUT2D eigenvalue weighted by atomic mass is 19.1. The molecule has 0 unspecified atom stereocenters. The highest BCUT2D eigenvalue weighted by Gasteiger charge is 2.19. The van der Waals surface area contributed by atoms with Crippen LogP contribution in [-0.2, 0) is 6.61 Å². The van der Waals surface area contributed by atoms with Crippen molar-refractivity contribution in [2.24, 2.45) is 0 Å². The molecule has 0 spiro atoms. The molecule has 3 aromatic rings. The SMILES string of the molecule is CN(C)CCNC(=O)c1nn(-c2ccc(F)cc2)cc1OCc1ccccc1. The zero-order chi connectivity index (χ0) is 19.9. The van der Waals surface area contributed by atoms with Gasteiger partial charge in [0.1, 0.15) is 12.4 Å². The van der Waals surface area contributed by atoms with E-state index in [1.54, 1.807) is 18.3 Å². The quantitative estimate of drug-likeness (QED) is 0.651. The van der Waals surface area contributed by atoms with Crippen LogP contribution in [0, 0.1) is 5.82 Å². The van der Waals surface area contributed by atoms with Crippen molar-refractivity contribution >= 4 is 5.91 Å². The fraction of sp³-hybridized carbons (Fsp3) is 0.238. The number of hydrogen-bond donors (Lipinski definition) is 1. The van der Waals surface area contributed by atoms with Crippen molar-refractivity contribution < 1.29 is 13.9 Å². The van der Waals surface area contributed by atoms with Gasteiger partial charge in [-0.25, -0.2) is 9.07 Å². The molecule has 7 heteroatoms. The van der Waals surface area contributed by atoms with Gasteiger partial charge in [-0.3, -0.25) is 4.79 Å². The topological polar surface area (TPSA) is 59.4 Å². The first-order valence-electron chi connectivity index (χ1n) is 8.98. The Labute approximate surface area is 163 Å². The smallest absolute Gasteiger partial charge is 0.275 e. The van der Waals surface area contributed by atoms with Crippen LogP contribution < -0.4 is 10.1 Å². The van der Waals surface area contributed by atoms with Gasteiger partial charge in [0.25, 0.3) is 5.91 Å². The number of ether oxygens (including phenoxy) is 1. The zero-order valence-electron chi connectivity index (χ0n) is 15.9. The van der Waals surface area contributed by atoms with Gasteiger partial charge in [0, 0.05) is 13.1 Å². The van der Waals surface area contributed by atoms with Gasteiger partial charge in [0.05, 0.1) is 11.9 Å². The van der Waals surface area contributed by atoms with E-state index in [-0.39, 0.29) is 17.4 Å².